The highest BCUT2D eigenvalue weighted by Gasteiger charge is 2.35. The summed E-state index contributed by atoms with van der Waals surface area (Å²) >= 11 is 1.44. The number of nitrogens with two attached hydrogens (primary N) is 1. The lowest BCUT2D eigenvalue weighted by Gasteiger charge is -2.36. The van der Waals surface area contributed by atoms with Crippen molar-refractivity contribution in [1.82, 2.24) is 10.2 Å². The number of carbonyl (C=O) groups is 2. The van der Waals surface area contributed by atoms with E-state index in [-0.39, 0.29) is 24.5 Å². The summed E-state index contributed by atoms with van der Waals surface area (Å²) in [6.45, 7) is 4.78. The molecule has 21 heavy (non-hydrogen) atoms. The summed E-state index contributed by atoms with van der Waals surface area (Å²) in [6.07, 6.45) is 0. The molecular formula is C14H21N3O3S. The first-order valence-electron chi connectivity index (χ1n) is 6.98. The van der Waals surface area contributed by atoms with E-state index in [9.17, 15) is 9.59 Å². The van der Waals surface area contributed by atoms with Gasteiger partial charge in [-0.25, -0.2) is 0 Å². The molecule has 0 bridgehead atoms. The molecule has 6 nitrogen and oxygen atoms in total. The minimum Gasteiger partial charge on any atom is -0.377 e. The van der Waals surface area contributed by atoms with Crippen LogP contribution in [0, 0.1) is 0 Å². The van der Waals surface area contributed by atoms with Crippen molar-refractivity contribution in [2.24, 2.45) is 5.73 Å². The second-order valence-electron chi connectivity index (χ2n) is 5.28. The monoisotopic (exact) mass is 311 g/mol. The molecule has 7 heteroatoms. The number of ether oxygens (including phenoxy) is 1. The molecule has 0 spiro atoms. The van der Waals surface area contributed by atoms with Crippen molar-refractivity contribution in [2.75, 3.05) is 19.8 Å². The lowest BCUT2D eigenvalue weighted by Crippen LogP contribution is -2.58. The Morgan fingerprint density at radius 2 is 2.29 bits per heavy atom. The van der Waals surface area contributed by atoms with Crippen LogP contribution in [0.2, 0.25) is 0 Å². The fourth-order valence-electron chi connectivity index (χ4n) is 2.23. The molecule has 2 unspecified atom stereocenters. The van der Waals surface area contributed by atoms with Crippen molar-refractivity contribution in [3.05, 3.63) is 22.4 Å². The van der Waals surface area contributed by atoms with Gasteiger partial charge in [0, 0.05) is 17.5 Å². The van der Waals surface area contributed by atoms with Gasteiger partial charge in [0.05, 0.1) is 13.2 Å². The van der Waals surface area contributed by atoms with Crippen LogP contribution >= 0.6 is 11.3 Å². The topological polar surface area (TPSA) is 84.7 Å². The number of amides is 2. The molecule has 1 fully saturated rings. The minimum absolute atomic E-state index is 0.0161. The quantitative estimate of drug-likeness (QED) is 0.848. The first-order valence-corrected chi connectivity index (χ1v) is 7.86. The van der Waals surface area contributed by atoms with Crippen LogP contribution in [0.25, 0.3) is 0 Å². The van der Waals surface area contributed by atoms with Gasteiger partial charge in [0.15, 0.2) is 0 Å². The maximum absolute atomic E-state index is 12.6. The van der Waals surface area contributed by atoms with E-state index in [1.807, 2.05) is 31.4 Å². The lowest BCUT2D eigenvalue weighted by molar-refractivity contribution is -0.149. The summed E-state index contributed by atoms with van der Waals surface area (Å²) in [5, 5.41) is 4.70. The van der Waals surface area contributed by atoms with E-state index >= 15 is 0 Å². The molecule has 116 valence electrons. The Hall–Kier alpha value is -1.44. The van der Waals surface area contributed by atoms with Crippen molar-refractivity contribution < 1.29 is 14.3 Å². The Balaban J connectivity index is 2.10. The Labute approximate surface area is 128 Å². The van der Waals surface area contributed by atoms with E-state index in [1.165, 1.54) is 16.2 Å². The molecular weight excluding hydrogens is 290 g/mol. The van der Waals surface area contributed by atoms with E-state index < -0.39 is 12.1 Å². The average molecular weight is 311 g/mol. The minimum atomic E-state index is -0.725. The molecule has 0 aromatic carbocycles. The molecule has 0 radical (unpaired) electrons. The van der Waals surface area contributed by atoms with E-state index in [0.29, 0.717) is 13.2 Å². The van der Waals surface area contributed by atoms with Crippen LogP contribution in [0.3, 0.4) is 0 Å². The Kier molecular flexibility index (Phi) is 5.33. The Bertz CT molecular complexity index is 490. The van der Waals surface area contributed by atoms with Gasteiger partial charge in [-0.3, -0.25) is 9.59 Å². The van der Waals surface area contributed by atoms with Gasteiger partial charge in [0.25, 0.3) is 0 Å². The van der Waals surface area contributed by atoms with Crippen molar-refractivity contribution in [2.45, 2.75) is 32.0 Å². The highest BCUT2D eigenvalue weighted by molar-refractivity contribution is 7.10. The van der Waals surface area contributed by atoms with E-state index in [0.717, 1.165) is 4.88 Å². The van der Waals surface area contributed by atoms with Crippen molar-refractivity contribution in [3.63, 3.8) is 0 Å². The number of hydrogen-bond donors (Lipinski definition) is 2. The van der Waals surface area contributed by atoms with Crippen LogP contribution < -0.4 is 11.1 Å². The number of carbonyl (C=O) groups excluding carboxylic acids is 2. The highest BCUT2D eigenvalue weighted by Crippen LogP contribution is 2.21. The van der Waals surface area contributed by atoms with Crippen LogP contribution in [-0.2, 0) is 14.3 Å². The van der Waals surface area contributed by atoms with Crippen LogP contribution in [-0.4, -0.2) is 48.6 Å². The van der Waals surface area contributed by atoms with E-state index in [1.54, 1.807) is 0 Å². The van der Waals surface area contributed by atoms with Gasteiger partial charge in [0.2, 0.25) is 11.8 Å². The van der Waals surface area contributed by atoms with Gasteiger partial charge in [-0.15, -0.1) is 11.3 Å². The van der Waals surface area contributed by atoms with Crippen molar-refractivity contribution in [3.8, 4) is 0 Å². The van der Waals surface area contributed by atoms with Crippen LogP contribution in [0.4, 0.5) is 0 Å². The molecule has 2 amide bonds. The zero-order valence-corrected chi connectivity index (χ0v) is 13.1. The summed E-state index contributed by atoms with van der Waals surface area (Å²) in [6, 6.07) is 2.37. The van der Waals surface area contributed by atoms with Gasteiger partial charge in [-0.05, 0) is 25.3 Å². The Morgan fingerprint density at radius 1 is 1.52 bits per heavy atom. The predicted molar refractivity (Wildman–Crippen MR) is 80.8 cm³/mol. The van der Waals surface area contributed by atoms with E-state index in [2.05, 4.69) is 5.32 Å². The molecule has 1 aliphatic rings. The van der Waals surface area contributed by atoms with Crippen LogP contribution in [0.5, 0.6) is 0 Å². The SMILES string of the molecule is CC(C)NC(=O)C1COCCN1C(=O)C(N)c1cccs1. The molecule has 1 saturated heterocycles. The summed E-state index contributed by atoms with van der Waals surface area (Å²) < 4.78 is 5.34. The highest BCUT2D eigenvalue weighted by atomic mass is 32.1. The maximum Gasteiger partial charge on any atom is 0.245 e. The van der Waals surface area contributed by atoms with Gasteiger partial charge >= 0.3 is 0 Å². The molecule has 1 aromatic heterocycles. The number of nitrogens with zero attached hydrogens (tertiary/aromatic N) is 1. The molecule has 0 saturated carbocycles. The first-order chi connectivity index (χ1) is 10.0. The maximum atomic E-state index is 12.6. The fourth-order valence-corrected chi connectivity index (χ4v) is 2.95. The van der Waals surface area contributed by atoms with E-state index in [4.69, 9.17) is 10.5 Å². The molecule has 1 aromatic rings. The molecule has 1 aliphatic heterocycles. The van der Waals surface area contributed by atoms with Crippen molar-refractivity contribution >= 4 is 23.2 Å². The molecule has 2 rings (SSSR count). The van der Waals surface area contributed by atoms with Crippen LogP contribution in [0.15, 0.2) is 17.5 Å². The fraction of sp³-hybridized carbons (Fsp3) is 0.571. The predicted octanol–water partition coefficient (Wildman–Crippen LogP) is 0.500. The second kappa shape index (κ2) is 7.02. The van der Waals surface area contributed by atoms with Gasteiger partial charge in [-0.2, -0.15) is 0 Å². The van der Waals surface area contributed by atoms with Gasteiger partial charge < -0.3 is 20.7 Å². The zero-order chi connectivity index (χ0) is 15.4. The summed E-state index contributed by atoms with van der Waals surface area (Å²) in [5.41, 5.74) is 6.02. The zero-order valence-electron chi connectivity index (χ0n) is 12.2. The number of hydrogen-bond acceptors (Lipinski definition) is 5. The standard InChI is InChI=1S/C14H21N3O3S/c1-9(2)16-13(18)10-8-20-6-5-17(10)14(19)12(15)11-4-3-7-21-11/h3-4,7,9-10,12H,5-6,8,15H2,1-2H3,(H,16,18). The van der Waals surface area contributed by atoms with Crippen LogP contribution in [0.1, 0.15) is 24.8 Å². The largest absolute Gasteiger partial charge is 0.377 e. The normalized spacial score (nSPS) is 20.4. The van der Waals surface area contributed by atoms with Gasteiger partial charge in [-0.1, -0.05) is 6.07 Å². The third kappa shape index (κ3) is 3.81. The lowest BCUT2D eigenvalue weighted by atomic mass is 10.1. The molecule has 2 atom stereocenters. The number of morpholine rings is 1. The molecule has 2 heterocycles. The third-order valence-electron chi connectivity index (χ3n) is 3.26. The summed E-state index contributed by atoms with van der Waals surface area (Å²) in [4.78, 5) is 27.1. The van der Waals surface area contributed by atoms with Gasteiger partial charge in [0.1, 0.15) is 12.1 Å². The summed E-state index contributed by atoms with van der Waals surface area (Å²) in [7, 11) is 0. The smallest absolute Gasteiger partial charge is 0.245 e. The molecule has 3 N–H and O–H groups in total. The van der Waals surface area contributed by atoms with Crippen molar-refractivity contribution in [1.29, 1.82) is 0 Å². The average Bonchev–Trinajstić information content (AvgIpc) is 2.99. The first kappa shape index (κ1) is 15.9. The number of thiophene rings is 1. The second-order valence-corrected chi connectivity index (χ2v) is 6.26. The summed E-state index contributed by atoms with van der Waals surface area (Å²) in [5.74, 6) is -0.430. The number of rotatable bonds is 4. The Morgan fingerprint density at radius 3 is 2.90 bits per heavy atom. The number of nitrogens with one attached hydrogen (secondary N) is 1. The molecule has 0 aliphatic carbocycles. The third-order valence-corrected chi connectivity index (χ3v) is 4.22.